The maximum absolute atomic E-state index is 4.34. The normalized spacial score (nSPS) is 20.4. The van der Waals surface area contributed by atoms with Crippen LogP contribution in [0, 0.1) is 0 Å². The van der Waals surface area contributed by atoms with Crippen LogP contribution in [0.15, 0.2) is 18.6 Å². The Balaban J connectivity index is 2.39. The molecule has 14 heavy (non-hydrogen) atoms. The Labute approximate surface area is 82.2 Å². The van der Waals surface area contributed by atoms with Crippen LogP contribution in [0.4, 0.5) is 5.82 Å². The molecule has 0 fully saturated rings. The van der Waals surface area contributed by atoms with E-state index in [1.54, 1.807) is 6.33 Å². The fourth-order valence-electron chi connectivity index (χ4n) is 2.04. The van der Waals surface area contributed by atoms with E-state index in [4.69, 9.17) is 0 Å². The van der Waals surface area contributed by atoms with E-state index < -0.39 is 0 Å². The number of rotatable bonds is 0. The van der Waals surface area contributed by atoms with Gasteiger partial charge in [0.25, 0.3) is 0 Å². The Bertz CT molecular complexity index is 488. The summed E-state index contributed by atoms with van der Waals surface area (Å²) in [5.74, 6) is 1.04. The molecule has 3 rings (SSSR count). The van der Waals surface area contributed by atoms with E-state index in [0.717, 1.165) is 23.4 Å². The molecule has 1 unspecified atom stereocenters. The van der Waals surface area contributed by atoms with Gasteiger partial charge in [0.2, 0.25) is 0 Å². The first-order chi connectivity index (χ1) is 6.77. The van der Waals surface area contributed by atoms with Gasteiger partial charge in [-0.05, 0) is 13.0 Å². The van der Waals surface area contributed by atoms with Crippen LogP contribution in [0.2, 0.25) is 0 Å². The molecule has 4 heteroatoms. The van der Waals surface area contributed by atoms with Gasteiger partial charge < -0.3 is 9.47 Å². The Morgan fingerprint density at radius 1 is 1.43 bits per heavy atom. The van der Waals surface area contributed by atoms with Crippen molar-refractivity contribution in [1.82, 2.24) is 14.5 Å². The first-order valence-electron chi connectivity index (χ1n) is 4.80. The molecule has 0 saturated carbocycles. The second kappa shape index (κ2) is 2.47. The maximum Gasteiger partial charge on any atom is 0.156 e. The van der Waals surface area contributed by atoms with Crippen LogP contribution >= 0.6 is 0 Å². The third-order valence-electron chi connectivity index (χ3n) is 2.99. The Morgan fingerprint density at radius 2 is 2.29 bits per heavy atom. The molecule has 0 radical (unpaired) electrons. The van der Waals surface area contributed by atoms with Gasteiger partial charge in [0.1, 0.15) is 11.8 Å². The average molecular weight is 188 g/mol. The molecular weight excluding hydrogens is 176 g/mol. The first kappa shape index (κ1) is 7.79. The second-order valence-corrected chi connectivity index (χ2v) is 3.86. The van der Waals surface area contributed by atoms with Crippen LogP contribution in [-0.4, -0.2) is 27.6 Å². The molecule has 0 bridgehead atoms. The van der Waals surface area contributed by atoms with E-state index in [9.17, 15) is 0 Å². The summed E-state index contributed by atoms with van der Waals surface area (Å²) in [5.41, 5.74) is 2.20. The summed E-state index contributed by atoms with van der Waals surface area (Å²) in [7, 11) is 2.09. The minimum Gasteiger partial charge on any atom is -0.353 e. The highest BCUT2D eigenvalue weighted by molar-refractivity contribution is 5.87. The van der Waals surface area contributed by atoms with E-state index in [1.807, 2.05) is 6.07 Å². The van der Waals surface area contributed by atoms with E-state index >= 15 is 0 Å². The highest BCUT2D eigenvalue weighted by atomic mass is 15.3. The van der Waals surface area contributed by atoms with Crippen LogP contribution in [0.25, 0.3) is 11.0 Å². The number of anilines is 1. The maximum atomic E-state index is 4.34. The number of likely N-dealkylation sites (N-methyl/N-ethyl adjacent to an activating group) is 1. The summed E-state index contributed by atoms with van der Waals surface area (Å²) >= 11 is 0. The SMILES string of the molecule is CC1Cn2ccc3ncnc(c32)N1C. The van der Waals surface area contributed by atoms with Gasteiger partial charge in [-0.15, -0.1) is 0 Å². The highest BCUT2D eigenvalue weighted by Crippen LogP contribution is 2.28. The lowest BCUT2D eigenvalue weighted by Gasteiger charge is -2.31. The number of nitrogens with zero attached hydrogens (tertiary/aromatic N) is 4. The molecule has 1 aliphatic heterocycles. The van der Waals surface area contributed by atoms with E-state index in [-0.39, 0.29) is 0 Å². The summed E-state index contributed by atoms with van der Waals surface area (Å²) < 4.78 is 2.23. The average Bonchev–Trinajstić information content (AvgIpc) is 2.59. The molecule has 0 N–H and O–H groups in total. The molecule has 3 heterocycles. The molecule has 0 saturated heterocycles. The number of hydrogen-bond acceptors (Lipinski definition) is 3. The summed E-state index contributed by atoms with van der Waals surface area (Å²) in [4.78, 5) is 10.8. The summed E-state index contributed by atoms with van der Waals surface area (Å²) in [6, 6.07) is 2.54. The predicted molar refractivity (Wildman–Crippen MR) is 55.4 cm³/mol. The van der Waals surface area contributed by atoms with Gasteiger partial charge in [0.15, 0.2) is 5.82 Å². The van der Waals surface area contributed by atoms with Crippen LogP contribution in [0.5, 0.6) is 0 Å². The number of hydrogen-bond donors (Lipinski definition) is 0. The second-order valence-electron chi connectivity index (χ2n) is 3.86. The Morgan fingerprint density at radius 3 is 3.14 bits per heavy atom. The zero-order valence-corrected chi connectivity index (χ0v) is 8.31. The van der Waals surface area contributed by atoms with Gasteiger partial charge in [0, 0.05) is 25.8 Å². The molecular formula is C10H12N4. The van der Waals surface area contributed by atoms with E-state index in [1.165, 1.54) is 0 Å². The molecule has 0 aliphatic carbocycles. The van der Waals surface area contributed by atoms with Crippen molar-refractivity contribution in [1.29, 1.82) is 0 Å². The van der Waals surface area contributed by atoms with Crippen molar-refractivity contribution in [2.24, 2.45) is 0 Å². The quantitative estimate of drug-likeness (QED) is 0.624. The fourth-order valence-corrected chi connectivity index (χ4v) is 2.04. The van der Waals surface area contributed by atoms with Crippen LogP contribution in [-0.2, 0) is 6.54 Å². The van der Waals surface area contributed by atoms with Crippen molar-refractivity contribution in [3.8, 4) is 0 Å². The van der Waals surface area contributed by atoms with Crippen molar-refractivity contribution in [3.05, 3.63) is 18.6 Å². The lowest BCUT2D eigenvalue weighted by molar-refractivity contribution is 0.553. The van der Waals surface area contributed by atoms with Gasteiger partial charge in [-0.2, -0.15) is 0 Å². The Kier molecular flexibility index (Phi) is 1.37. The lowest BCUT2D eigenvalue weighted by Crippen LogP contribution is -2.36. The third-order valence-corrected chi connectivity index (χ3v) is 2.99. The fraction of sp³-hybridized carbons (Fsp3) is 0.400. The van der Waals surface area contributed by atoms with Crippen molar-refractivity contribution in [3.63, 3.8) is 0 Å². The van der Waals surface area contributed by atoms with Crippen LogP contribution in [0.1, 0.15) is 6.92 Å². The molecule has 1 aliphatic rings. The molecule has 2 aromatic rings. The molecule has 0 amide bonds. The first-order valence-corrected chi connectivity index (χ1v) is 4.80. The zero-order valence-electron chi connectivity index (χ0n) is 8.31. The standard InChI is InChI=1S/C10H12N4/c1-7-5-14-4-3-8-9(14)10(13(7)2)12-6-11-8/h3-4,6-7H,5H2,1-2H3. The zero-order chi connectivity index (χ0) is 9.71. The van der Waals surface area contributed by atoms with E-state index in [0.29, 0.717) is 6.04 Å². The molecule has 0 spiro atoms. The van der Waals surface area contributed by atoms with Crippen molar-refractivity contribution < 1.29 is 0 Å². The van der Waals surface area contributed by atoms with Gasteiger partial charge in [0.05, 0.1) is 5.52 Å². The van der Waals surface area contributed by atoms with Gasteiger partial charge >= 0.3 is 0 Å². The summed E-state index contributed by atoms with van der Waals surface area (Å²) in [6.45, 7) is 3.22. The van der Waals surface area contributed by atoms with Crippen molar-refractivity contribution in [2.75, 3.05) is 11.9 Å². The minimum atomic E-state index is 0.494. The van der Waals surface area contributed by atoms with Crippen molar-refractivity contribution >= 4 is 16.9 Å². The molecule has 0 aromatic carbocycles. The smallest absolute Gasteiger partial charge is 0.156 e. The lowest BCUT2D eigenvalue weighted by atomic mass is 10.2. The van der Waals surface area contributed by atoms with Crippen LogP contribution < -0.4 is 4.90 Å². The molecule has 2 aromatic heterocycles. The van der Waals surface area contributed by atoms with Crippen molar-refractivity contribution in [2.45, 2.75) is 19.5 Å². The minimum absolute atomic E-state index is 0.494. The largest absolute Gasteiger partial charge is 0.353 e. The topological polar surface area (TPSA) is 34.0 Å². The van der Waals surface area contributed by atoms with Gasteiger partial charge in [-0.3, -0.25) is 0 Å². The van der Waals surface area contributed by atoms with Gasteiger partial charge in [-0.25, -0.2) is 9.97 Å². The van der Waals surface area contributed by atoms with Crippen LogP contribution in [0.3, 0.4) is 0 Å². The molecule has 4 nitrogen and oxygen atoms in total. The highest BCUT2D eigenvalue weighted by Gasteiger charge is 2.22. The van der Waals surface area contributed by atoms with Gasteiger partial charge in [-0.1, -0.05) is 0 Å². The number of aromatic nitrogens is 3. The summed E-state index contributed by atoms with van der Waals surface area (Å²) in [6.07, 6.45) is 3.73. The predicted octanol–water partition coefficient (Wildman–Crippen LogP) is 1.27. The Hall–Kier alpha value is -1.58. The molecule has 1 atom stereocenters. The van der Waals surface area contributed by atoms with E-state index in [2.05, 4.69) is 39.6 Å². The summed E-state index contributed by atoms with van der Waals surface area (Å²) in [5, 5.41) is 0. The molecule has 72 valence electrons. The monoisotopic (exact) mass is 188 g/mol. The third kappa shape index (κ3) is 0.828.